The molecule has 0 bridgehead atoms. The summed E-state index contributed by atoms with van der Waals surface area (Å²) in [4.78, 5) is 39.2. The number of halogens is 2. The first-order chi connectivity index (χ1) is 21.2. The number of benzene rings is 3. The predicted octanol–water partition coefficient (Wildman–Crippen LogP) is 6.37. The third-order valence-electron chi connectivity index (χ3n) is 7.42. The lowest BCUT2D eigenvalue weighted by molar-refractivity contribution is -0.114. The van der Waals surface area contributed by atoms with Crippen LogP contribution in [0, 0.1) is 12.7 Å². The number of hydrogen-bond donors (Lipinski definition) is 3. The minimum Gasteiger partial charge on any atom is -0.369 e. The second kappa shape index (κ2) is 13.7. The number of amides is 1. The number of carbonyl (C=O) groups excluding carboxylic acids is 2. The van der Waals surface area contributed by atoms with Gasteiger partial charge >= 0.3 is 0 Å². The number of nitrogens with zero attached hydrogens (tertiary/aromatic N) is 4. The molecule has 0 saturated carbocycles. The molecule has 0 radical (unpaired) electrons. The zero-order chi connectivity index (χ0) is 31.2. The first-order valence-corrected chi connectivity index (χ1v) is 14.5. The van der Waals surface area contributed by atoms with Gasteiger partial charge in [0.05, 0.1) is 16.4 Å². The minimum absolute atomic E-state index is 0.0202. The first-order valence-electron chi connectivity index (χ1n) is 14.2. The topological polar surface area (TPSA) is 102 Å². The van der Waals surface area contributed by atoms with Gasteiger partial charge < -0.3 is 25.8 Å². The Hall–Kier alpha value is -4.80. The van der Waals surface area contributed by atoms with Crippen LogP contribution in [0.4, 0.5) is 38.9 Å². The van der Waals surface area contributed by atoms with Crippen LogP contribution < -0.4 is 20.9 Å². The molecule has 0 unspecified atom stereocenters. The molecule has 44 heavy (non-hydrogen) atoms. The molecular formula is C33H33ClFN7O2. The summed E-state index contributed by atoms with van der Waals surface area (Å²) < 4.78 is 15.2. The number of carbonyl (C=O) groups is 2. The van der Waals surface area contributed by atoms with Crippen LogP contribution in [-0.4, -0.2) is 59.8 Å². The van der Waals surface area contributed by atoms with Crippen molar-refractivity contribution >= 4 is 57.8 Å². The fourth-order valence-electron chi connectivity index (χ4n) is 4.86. The van der Waals surface area contributed by atoms with Crippen molar-refractivity contribution in [3.05, 3.63) is 107 Å². The third-order valence-corrected chi connectivity index (χ3v) is 7.74. The van der Waals surface area contributed by atoms with Crippen molar-refractivity contribution in [1.82, 2.24) is 14.9 Å². The molecule has 4 aromatic rings. The van der Waals surface area contributed by atoms with E-state index in [1.807, 2.05) is 37.3 Å². The smallest absolute Gasteiger partial charge is 0.261 e. The van der Waals surface area contributed by atoms with Crippen LogP contribution in [0.3, 0.4) is 0 Å². The lowest BCUT2D eigenvalue weighted by atomic mass is 10.1. The van der Waals surface area contributed by atoms with Crippen LogP contribution in [0.5, 0.6) is 0 Å². The molecule has 1 aliphatic rings. The van der Waals surface area contributed by atoms with Crippen molar-refractivity contribution < 1.29 is 14.0 Å². The number of aryl methyl sites for hydroxylation is 1. The van der Waals surface area contributed by atoms with Crippen LogP contribution in [0.1, 0.15) is 21.5 Å². The highest BCUT2D eigenvalue weighted by Gasteiger charge is 2.21. The van der Waals surface area contributed by atoms with Gasteiger partial charge in [0.15, 0.2) is 5.78 Å². The van der Waals surface area contributed by atoms with E-state index in [0.717, 1.165) is 43.1 Å². The summed E-state index contributed by atoms with van der Waals surface area (Å²) in [5.74, 6) is -1.22. The van der Waals surface area contributed by atoms with Gasteiger partial charge in [-0.15, -0.1) is 0 Å². The van der Waals surface area contributed by atoms with Gasteiger partial charge in [-0.05, 0) is 67.6 Å². The molecule has 9 nitrogen and oxygen atoms in total. The number of rotatable bonds is 10. The van der Waals surface area contributed by atoms with Gasteiger partial charge in [0.25, 0.3) is 5.91 Å². The highest BCUT2D eigenvalue weighted by atomic mass is 35.5. The fraction of sp³-hybridized carbons (Fsp3) is 0.212. The third kappa shape index (κ3) is 7.21. The van der Waals surface area contributed by atoms with Crippen LogP contribution in [-0.2, 0) is 11.2 Å². The van der Waals surface area contributed by atoms with Crippen molar-refractivity contribution in [3.63, 3.8) is 0 Å². The number of ketones is 1. The Labute approximate surface area is 260 Å². The molecule has 11 heteroatoms. The van der Waals surface area contributed by atoms with E-state index in [4.69, 9.17) is 11.6 Å². The molecule has 3 aromatic carbocycles. The Balaban J connectivity index is 1.46. The van der Waals surface area contributed by atoms with Gasteiger partial charge in [-0.2, -0.15) is 4.98 Å². The molecule has 1 fully saturated rings. The second-order valence-corrected chi connectivity index (χ2v) is 11.0. The van der Waals surface area contributed by atoms with E-state index in [1.54, 1.807) is 18.2 Å². The zero-order valence-electron chi connectivity index (χ0n) is 24.5. The van der Waals surface area contributed by atoms with Crippen LogP contribution in [0.25, 0.3) is 0 Å². The van der Waals surface area contributed by atoms with E-state index >= 15 is 4.39 Å². The fourth-order valence-corrected chi connectivity index (χ4v) is 5.13. The number of aromatic nitrogens is 2. The van der Waals surface area contributed by atoms with Gasteiger partial charge in [0.1, 0.15) is 17.2 Å². The maximum Gasteiger partial charge on any atom is 0.261 e. The molecule has 0 atom stereocenters. The predicted molar refractivity (Wildman–Crippen MR) is 174 cm³/mol. The Kier molecular flexibility index (Phi) is 9.52. The molecule has 0 spiro atoms. The maximum atomic E-state index is 15.2. The highest BCUT2D eigenvalue weighted by Crippen LogP contribution is 2.30. The molecule has 2 heterocycles. The number of nitrogens with one attached hydrogen (secondary N) is 3. The summed E-state index contributed by atoms with van der Waals surface area (Å²) in [6.45, 7) is 9.25. The molecular weight excluding hydrogens is 581 g/mol. The van der Waals surface area contributed by atoms with E-state index in [2.05, 4.69) is 49.3 Å². The van der Waals surface area contributed by atoms with Gasteiger partial charge in [-0.25, -0.2) is 9.37 Å². The largest absolute Gasteiger partial charge is 0.369 e. The molecule has 1 aromatic heterocycles. The number of anilines is 6. The molecule has 0 aliphatic carbocycles. The summed E-state index contributed by atoms with van der Waals surface area (Å²) in [6.07, 6.45) is 2.45. The minimum atomic E-state index is -0.611. The Morgan fingerprint density at radius 2 is 1.73 bits per heavy atom. The lowest BCUT2D eigenvalue weighted by Gasteiger charge is -2.34. The van der Waals surface area contributed by atoms with Crippen molar-refractivity contribution in [3.8, 4) is 0 Å². The average molecular weight is 614 g/mol. The van der Waals surface area contributed by atoms with E-state index in [0.29, 0.717) is 16.3 Å². The van der Waals surface area contributed by atoms with E-state index in [1.165, 1.54) is 24.4 Å². The summed E-state index contributed by atoms with van der Waals surface area (Å²) >= 11 is 6.35. The molecule has 1 saturated heterocycles. The van der Waals surface area contributed by atoms with Crippen molar-refractivity contribution in [2.45, 2.75) is 13.3 Å². The van der Waals surface area contributed by atoms with Crippen LogP contribution in [0.2, 0.25) is 5.02 Å². The summed E-state index contributed by atoms with van der Waals surface area (Å²) in [5.41, 5.74) is 3.51. The summed E-state index contributed by atoms with van der Waals surface area (Å²) in [7, 11) is 2.12. The number of likely N-dealkylation sites (N-methyl/N-ethyl adjacent to an activating group) is 1. The summed E-state index contributed by atoms with van der Waals surface area (Å²) in [5, 5.41) is 9.32. The van der Waals surface area contributed by atoms with E-state index in [9.17, 15) is 9.59 Å². The lowest BCUT2D eigenvalue weighted by Crippen LogP contribution is -2.44. The standard InChI is InChI=1S/C33H33ClFN7O2/c1-4-25(43)19-22-8-6-10-28(35)30(22)38-31-26(32(44)39-29-21(2)7-5-9-27(29)34)20-36-33(40-31)37-23-11-13-24(14-12-23)42-17-15-41(3)16-18-42/h4-14,20H,1,15-19H2,2-3H3,(H,39,44)(H2,36,37,38,40). The Bertz CT molecular complexity index is 1670. The van der Waals surface area contributed by atoms with E-state index < -0.39 is 11.7 Å². The number of allylic oxidation sites excluding steroid dienone is 1. The SMILES string of the molecule is C=CC(=O)Cc1cccc(F)c1Nc1nc(Nc2ccc(N3CCN(C)CC3)cc2)ncc1C(=O)Nc1c(C)cccc1Cl. The summed E-state index contributed by atoms with van der Waals surface area (Å²) in [6, 6.07) is 17.6. The van der Waals surface area contributed by atoms with Crippen LogP contribution >= 0.6 is 11.6 Å². The Morgan fingerprint density at radius 1 is 1.00 bits per heavy atom. The second-order valence-electron chi connectivity index (χ2n) is 10.6. The monoisotopic (exact) mass is 613 g/mol. The zero-order valence-corrected chi connectivity index (χ0v) is 25.3. The molecule has 5 rings (SSSR count). The first kappa shape index (κ1) is 30.7. The van der Waals surface area contributed by atoms with Crippen molar-refractivity contribution in [2.24, 2.45) is 0 Å². The normalized spacial score (nSPS) is 13.3. The number of para-hydroxylation sites is 2. The Morgan fingerprint density at radius 3 is 2.43 bits per heavy atom. The van der Waals surface area contributed by atoms with Crippen molar-refractivity contribution in [2.75, 3.05) is 54.1 Å². The number of hydrogen-bond acceptors (Lipinski definition) is 8. The van der Waals surface area contributed by atoms with Crippen molar-refractivity contribution in [1.29, 1.82) is 0 Å². The van der Waals surface area contributed by atoms with E-state index in [-0.39, 0.29) is 35.2 Å². The van der Waals surface area contributed by atoms with Gasteiger partial charge in [-0.1, -0.05) is 42.4 Å². The molecule has 3 N–H and O–H groups in total. The molecule has 1 amide bonds. The van der Waals surface area contributed by atoms with Gasteiger partial charge in [-0.3, -0.25) is 9.59 Å². The van der Waals surface area contributed by atoms with Gasteiger partial charge in [0.2, 0.25) is 5.95 Å². The maximum absolute atomic E-state index is 15.2. The average Bonchev–Trinajstić information content (AvgIpc) is 3.01. The van der Waals surface area contributed by atoms with Gasteiger partial charge in [0, 0.05) is 50.2 Å². The highest BCUT2D eigenvalue weighted by molar-refractivity contribution is 6.34. The molecule has 1 aliphatic heterocycles. The van der Waals surface area contributed by atoms with Crippen LogP contribution in [0.15, 0.2) is 79.5 Å². The quantitative estimate of drug-likeness (QED) is 0.177. The molecule has 226 valence electrons. The number of piperazine rings is 1.